The molecule has 0 saturated carbocycles. The standard InChI is InChI=1S/C8H14O5S/c1-6(8(9)10)14(11,12)5-7-3-2-4-13-7/h6-7H,2-5H2,1H3,(H,9,10)/t6-,7-/m1/s1. The van der Waals surface area contributed by atoms with Crippen molar-refractivity contribution in [3.05, 3.63) is 0 Å². The highest BCUT2D eigenvalue weighted by molar-refractivity contribution is 7.92. The minimum absolute atomic E-state index is 0.180. The summed E-state index contributed by atoms with van der Waals surface area (Å²) >= 11 is 0. The third kappa shape index (κ3) is 2.68. The minimum atomic E-state index is -3.57. The zero-order valence-corrected chi connectivity index (χ0v) is 8.79. The van der Waals surface area contributed by atoms with Gasteiger partial charge >= 0.3 is 5.97 Å². The predicted octanol–water partition coefficient (Wildman–Crippen LogP) is 0.0533. The molecule has 0 aromatic rings. The Morgan fingerprint density at radius 2 is 2.29 bits per heavy atom. The van der Waals surface area contributed by atoms with Crippen molar-refractivity contribution in [2.75, 3.05) is 12.4 Å². The molecular formula is C8H14O5S. The summed E-state index contributed by atoms with van der Waals surface area (Å²) in [7, 11) is -3.57. The van der Waals surface area contributed by atoms with Gasteiger partial charge in [0.05, 0.1) is 11.9 Å². The van der Waals surface area contributed by atoms with Crippen LogP contribution in [0.15, 0.2) is 0 Å². The second kappa shape index (κ2) is 4.27. The van der Waals surface area contributed by atoms with Crippen LogP contribution in [0.4, 0.5) is 0 Å². The molecule has 14 heavy (non-hydrogen) atoms. The first-order chi connectivity index (χ1) is 6.43. The molecule has 0 spiro atoms. The van der Waals surface area contributed by atoms with Gasteiger partial charge in [0.25, 0.3) is 0 Å². The normalized spacial score (nSPS) is 24.8. The maximum absolute atomic E-state index is 11.5. The topological polar surface area (TPSA) is 80.7 Å². The number of hydrogen-bond donors (Lipinski definition) is 1. The predicted molar refractivity (Wildman–Crippen MR) is 49.9 cm³/mol. The van der Waals surface area contributed by atoms with Crippen molar-refractivity contribution in [1.29, 1.82) is 0 Å². The first-order valence-corrected chi connectivity index (χ1v) is 6.21. The van der Waals surface area contributed by atoms with Gasteiger partial charge in [-0.2, -0.15) is 0 Å². The van der Waals surface area contributed by atoms with E-state index in [1.807, 2.05) is 0 Å². The molecule has 1 aliphatic heterocycles. The van der Waals surface area contributed by atoms with Crippen LogP contribution in [0.1, 0.15) is 19.8 Å². The van der Waals surface area contributed by atoms with Crippen molar-refractivity contribution >= 4 is 15.8 Å². The molecule has 1 saturated heterocycles. The van der Waals surface area contributed by atoms with E-state index in [0.717, 1.165) is 6.42 Å². The highest BCUT2D eigenvalue weighted by atomic mass is 32.2. The van der Waals surface area contributed by atoms with Crippen molar-refractivity contribution in [2.24, 2.45) is 0 Å². The van der Waals surface area contributed by atoms with Crippen LogP contribution in [0, 0.1) is 0 Å². The Bertz CT molecular complexity index is 302. The van der Waals surface area contributed by atoms with E-state index in [4.69, 9.17) is 9.84 Å². The van der Waals surface area contributed by atoms with Gasteiger partial charge in [-0.1, -0.05) is 0 Å². The minimum Gasteiger partial charge on any atom is -0.480 e. The maximum atomic E-state index is 11.5. The van der Waals surface area contributed by atoms with E-state index in [2.05, 4.69) is 0 Å². The number of rotatable bonds is 4. The van der Waals surface area contributed by atoms with Crippen LogP contribution in [0.5, 0.6) is 0 Å². The fourth-order valence-electron chi connectivity index (χ4n) is 1.33. The van der Waals surface area contributed by atoms with Gasteiger partial charge in [0.1, 0.15) is 0 Å². The van der Waals surface area contributed by atoms with E-state index in [1.165, 1.54) is 6.92 Å². The molecule has 1 rings (SSSR count). The van der Waals surface area contributed by atoms with Gasteiger partial charge in [0, 0.05) is 6.61 Å². The molecule has 1 fully saturated rings. The summed E-state index contributed by atoms with van der Waals surface area (Å²) in [5.41, 5.74) is 0. The Labute approximate surface area is 83.0 Å². The molecule has 0 radical (unpaired) electrons. The average Bonchev–Trinajstić information content (AvgIpc) is 2.54. The number of aliphatic carboxylic acids is 1. The van der Waals surface area contributed by atoms with Crippen LogP contribution in [-0.4, -0.2) is 43.2 Å². The second-order valence-corrected chi connectivity index (χ2v) is 5.81. The van der Waals surface area contributed by atoms with Crippen LogP contribution in [0.2, 0.25) is 0 Å². The fraction of sp³-hybridized carbons (Fsp3) is 0.875. The number of carboxylic acids is 1. The first kappa shape index (κ1) is 11.5. The summed E-state index contributed by atoms with van der Waals surface area (Å²) in [6.45, 7) is 1.76. The second-order valence-electron chi connectivity index (χ2n) is 3.45. The Kier molecular flexibility index (Phi) is 3.49. The Balaban J connectivity index is 2.61. The number of carbonyl (C=O) groups is 1. The van der Waals surface area contributed by atoms with Gasteiger partial charge in [0.2, 0.25) is 0 Å². The average molecular weight is 222 g/mol. The zero-order valence-electron chi connectivity index (χ0n) is 7.97. The third-order valence-electron chi connectivity index (χ3n) is 2.33. The fourth-order valence-corrected chi connectivity index (χ4v) is 2.71. The molecule has 6 heteroatoms. The van der Waals surface area contributed by atoms with E-state index in [0.29, 0.717) is 13.0 Å². The highest BCUT2D eigenvalue weighted by Gasteiger charge is 2.31. The summed E-state index contributed by atoms with van der Waals surface area (Å²) in [4.78, 5) is 10.5. The van der Waals surface area contributed by atoms with Crippen LogP contribution < -0.4 is 0 Å². The van der Waals surface area contributed by atoms with Crippen molar-refractivity contribution in [1.82, 2.24) is 0 Å². The lowest BCUT2D eigenvalue weighted by Gasteiger charge is -2.12. The van der Waals surface area contributed by atoms with Crippen molar-refractivity contribution in [3.63, 3.8) is 0 Å². The number of hydrogen-bond acceptors (Lipinski definition) is 4. The lowest BCUT2D eigenvalue weighted by Crippen LogP contribution is -2.33. The van der Waals surface area contributed by atoms with Gasteiger partial charge in [-0.3, -0.25) is 4.79 Å². The molecule has 1 aliphatic rings. The van der Waals surface area contributed by atoms with E-state index < -0.39 is 21.1 Å². The lowest BCUT2D eigenvalue weighted by molar-refractivity contribution is -0.136. The monoisotopic (exact) mass is 222 g/mol. The molecule has 0 unspecified atom stereocenters. The highest BCUT2D eigenvalue weighted by Crippen LogP contribution is 2.16. The Hall–Kier alpha value is -0.620. The lowest BCUT2D eigenvalue weighted by atomic mass is 10.3. The van der Waals surface area contributed by atoms with Crippen molar-refractivity contribution in [3.8, 4) is 0 Å². The van der Waals surface area contributed by atoms with Crippen LogP contribution >= 0.6 is 0 Å². The third-order valence-corrected chi connectivity index (χ3v) is 4.44. The molecule has 0 bridgehead atoms. The molecule has 1 N–H and O–H groups in total. The van der Waals surface area contributed by atoms with Gasteiger partial charge in [-0.05, 0) is 19.8 Å². The largest absolute Gasteiger partial charge is 0.480 e. The SMILES string of the molecule is C[C@H](C(=O)O)S(=O)(=O)C[C@H]1CCCO1. The maximum Gasteiger partial charge on any atom is 0.321 e. The van der Waals surface area contributed by atoms with Gasteiger partial charge in [-0.25, -0.2) is 8.42 Å². The van der Waals surface area contributed by atoms with Crippen LogP contribution in [-0.2, 0) is 19.4 Å². The van der Waals surface area contributed by atoms with Gasteiger partial charge < -0.3 is 9.84 Å². The number of carboxylic acid groups (broad SMARTS) is 1. The van der Waals surface area contributed by atoms with E-state index in [9.17, 15) is 13.2 Å². The number of sulfone groups is 1. The van der Waals surface area contributed by atoms with Crippen LogP contribution in [0.3, 0.4) is 0 Å². The van der Waals surface area contributed by atoms with E-state index in [1.54, 1.807) is 0 Å². The summed E-state index contributed by atoms with van der Waals surface area (Å²) in [6.07, 6.45) is 1.23. The number of ether oxygens (including phenoxy) is 1. The summed E-state index contributed by atoms with van der Waals surface area (Å²) in [5, 5.41) is 7.23. The molecule has 82 valence electrons. The summed E-state index contributed by atoms with van der Waals surface area (Å²) in [6, 6.07) is 0. The summed E-state index contributed by atoms with van der Waals surface area (Å²) in [5.74, 6) is -1.48. The molecule has 2 atom stereocenters. The molecule has 0 aromatic heterocycles. The Morgan fingerprint density at radius 1 is 1.64 bits per heavy atom. The molecular weight excluding hydrogens is 208 g/mol. The first-order valence-electron chi connectivity index (χ1n) is 4.49. The molecule has 5 nitrogen and oxygen atoms in total. The van der Waals surface area contributed by atoms with Gasteiger partial charge in [-0.15, -0.1) is 0 Å². The smallest absolute Gasteiger partial charge is 0.321 e. The summed E-state index contributed by atoms with van der Waals surface area (Å²) < 4.78 is 28.1. The molecule has 0 aliphatic carbocycles. The zero-order chi connectivity index (χ0) is 10.8. The quantitative estimate of drug-likeness (QED) is 0.727. The van der Waals surface area contributed by atoms with Gasteiger partial charge in [0.15, 0.2) is 15.1 Å². The molecule has 1 heterocycles. The van der Waals surface area contributed by atoms with E-state index in [-0.39, 0.29) is 11.9 Å². The Morgan fingerprint density at radius 3 is 2.71 bits per heavy atom. The molecule has 0 amide bonds. The van der Waals surface area contributed by atoms with E-state index >= 15 is 0 Å². The van der Waals surface area contributed by atoms with Crippen LogP contribution in [0.25, 0.3) is 0 Å². The van der Waals surface area contributed by atoms with Crippen molar-refractivity contribution in [2.45, 2.75) is 31.1 Å². The molecule has 0 aromatic carbocycles. The van der Waals surface area contributed by atoms with Crippen molar-refractivity contribution < 1.29 is 23.1 Å².